The number of nitrogens with one attached hydrogen (secondary N) is 2. The normalized spacial score (nSPS) is 11.0. The molecule has 2 N–H and O–H groups in total. The Labute approximate surface area is 126 Å². The Kier molecular flexibility index (Phi) is 4.79. The number of hydrogen-bond acceptors (Lipinski definition) is 3. The standard InChI is InChI=1S/C15H13ClN2O3/c1-17-14(19)12(9-10-4-6-11(16)7-5-10)18-15(20)13-3-2-8-21-13/h2-9H,1H3,(H,17,19)(H,18,20). The van der Waals surface area contributed by atoms with E-state index in [1.54, 1.807) is 36.4 Å². The number of carbonyl (C=O) groups is 2. The lowest BCUT2D eigenvalue weighted by molar-refractivity contribution is -0.117. The second-order valence-corrected chi connectivity index (χ2v) is 4.56. The van der Waals surface area contributed by atoms with E-state index in [4.69, 9.17) is 16.0 Å². The average molecular weight is 305 g/mol. The third kappa shape index (κ3) is 3.97. The lowest BCUT2D eigenvalue weighted by Gasteiger charge is -2.07. The van der Waals surface area contributed by atoms with Crippen molar-refractivity contribution < 1.29 is 14.0 Å². The van der Waals surface area contributed by atoms with Crippen molar-refractivity contribution in [2.75, 3.05) is 7.05 Å². The number of likely N-dealkylation sites (N-methyl/N-ethyl adjacent to an activating group) is 1. The summed E-state index contributed by atoms with van der Waals surface area (Å²) in [6.07, 6.45) is 2.94. The molecule has 0 radical (unpaired) electrons. The predicted molar refractivity (Wildman–Crippen MR) is 79.7 cm³/mol. The molecule has 108 valence electrons. The van der Waals surface area contributed by atoms with Gasteiger partial charge in [-0.05, 0) is 35.9 Å². The van der Waals surface area contributed by atoms with Gasteiger partial charge in [-0.2, -0.15) is 0 Å². The highest BCUT2D eigenvalue weighted by atomic mass is 35.5. The van der Waals surface area contributed by atoms with Crippen molar-refractivity contribution >= 4 is 29.5 Å². The molecule has 0 aliphatic rings. The molecule has 0 unspecified atom stereocenters. The van der Waals surface area contributed by atoms with E-state index in [0.29, 0.717) is 5.02 Å². The summed E-state index contributed by atoms with van der Waals surface area (Å²) in [5.41, 5.74) is 0.846. The van der Waals surface area contributed by atoms with Crippen LogP contribution < -0.4 is 10.6 Å². The third-order valence-electron chi connectivity index (χ3n) is 2.65. The van der Waals surface area contributed by atoms with E-state index in [-0.39, 0.29) is 11.5 Å². The van der Waals surface area contributed by atoms with Gasteiger partial charge in [-0.15, -0.1) is 0 Å². The number of benzene rings is 1. The van der Waals surface area contributed by atoms with Crippen LogP contribution in [0.4, 0.5) is 0 Å². The molecular formula is C15H13ClN2O3. The molecule has 0 aliphatic heterocycles. The van der Waals surface area contributed by atoms with Crippen LogP contribution in [0.15, 0.2) is 52.8 Å². The van der Waals surface area contributed by atoms with Crippen molar-refractivity contribution in [3.63, 3.8) is 0 Å². The molecule has 0 fully saturated rings. The van der Waals surface area contributed by atoms with Crippen LogP contribution in [0.25, 0.3) is 6.08 Å². The summed E-state index contributed by atoms with van der Waals surface area (Å²) in [5.74, 6) is -0.783. The van der Waals surface area contributed by atoms with Gasteiger partial charge in [-0.25, -0.2) is 0 Å². The van der Waals surface area contributed by atoms with Crippen molar-refractivity contribution in [2.24, 2.45) is 0 Å². The van der Waals surface area contributed by atoms with Crippen LogP contribution >= 0.6 is 11.6 Å². The zero-order chi connectivity index (χ0) is 15.2. The predicted octanol–water partition coefficient (Wildman–Crippen LogP) is 2.45. The van der Waals surface area contributed by atoms with Gasteiger partial charge in [-0.1, -0.05) is 23.7 Å². The van der Waals surface area contributed by atoms with Crippen molar-refractivity contribution in [3.05, 3.63) is 64.7 Å². The quantitative estimate of drug-likeness (QED) is 0.852. The van der Waals surface area contributed by atoms with E-state index >= 15 is 0 Å². The zero-order valence-electron chi connectivity index (χ0n) is 11.2. The molecule has 2 rings (SSSR count). The van der Waals surface area contributed by atoms with Crippen molar-refractivity contribution in [1.29, 1.82) is 0 Å². The first kappa shape index (κ1) is 14.9. The fraction of sp³-hybridized carbons (Fsp3) is 0.0667. The molecular weight excluding hydrogens is 292 g/mol. The molecule has 6 heteroatoms. The topological polar surface area (TPSA) is 71.3 Å². The number of amides is 2. The van der Waals surface area contributed by atoms with E-state index < -0.39 is 11.8 Å². The van der Waals surface area contributed by atoms with Crippen LogP contribution in [0, 0.1) is 0 Å². The monoisotopic (exact) mass is 304 g/mol. The molecule has 0 saturated carbocycles. The second-order valence-electron chi connectivity index (χ2n) is 4.12. The number of halogens is 1. The second kappa shape index (κ2) is 6.76. The van der Waals surface area contributed by atoms with E-state index in [1.165, 1.54) is 19.4 Å². The minimum absolute atomic E-state index is 0.112. The Morgan fingerprint density at radius 2 is 1.90 bits per heavy atom. The number of carbonyl (C=O) groups excluding carboxylic acids is 2. The minimum atomic E-state index is -0.496. The highest BCUT2D eigenvalue weighted by molar-refractivity contribution is 6.30. The fourth-order valence-electron chi connectivity index (χ4n) is 1.61. The number of furan rings is 1. The average Bonchev–Trinajstić information content (AvgIpc) is 3.02. The lowest BCUT2D eigenvalue weighted by atomic mass is 10.2. The van der Waals surface area contributed by atoms with Crippen molar-refractivity contribution in [1.82, 2.24) is 10.6 Å². The zero-order valence-corrected chi connectivity index (χ0v) is 12.0. The summed E-state index contributed by atoms with van der Waals surface area (Å²) in [4.78, 5) is 23.8. The van der Waals surface area contributed by atoms with Gasteiger partial charge >= 0.3 is 0 Å². The number of hydrogen-bond donors (Lipinski definition) is 2. The Hall–Kier alpha value is -2.53. The molecule has 0 atom stereocenters. The fourth-order valence-corrected chi connectivity index (χ4v) is 1.74. The summed E-state index contributed by atoms with van der Waals surface area (Å²) in [7, 11) is 1.48. The molecule has 21 heavy (non-hydrogen) atoms. The van der Waals surface area contributed by atoms with Gasteiger partial charge < -0.3 is 15.1 Å². The summed E-state index contributed by atoms with van der Waals surface area (Å²) in [6, 6.07) is 9.98. The first-order valence-electron chi connectivity index (χ1n) is 6.14. The first-order valence-corrected chi connectivity index (χ1v) is 6.52. The highest BCUT2D eigenvalue weighted by Crippen LogP contribution is 2.12. The van der Waals surface area contributed by atoms with Crippen LogP contribution in [0.1, 0.15) is 16.1 Å². The minimum Gasteiger partial charge on any atom is -0.459 e. The molecule has 1 aromatic heterocycles. The van der Waals surface area contributed by atoms with Crippen molar-refractivity contribution in [2.45, 2.75) is 0 Å². The van der Waals surface area contributed by atoms with Gasteiger partial charge in [0.2, 0.25) is 0 Å². The van der Waals surface area contributed by atoms with Crippen molar-refractivity contribution in [3.8, 4) is 0 Å². The SMILES string of the molecule is CNC(=O)C(=Cc1ccc(Cl)cc1)NC(=O)c1ccco1. The Morgan fingerprint density at radius 3 is 2.48 bits per heavy atom. The van der Waals surface area contributed by atoms with Gasteiger partial charge in [0.15, 0.2) is 5.76 Å². The molecule has 2 amide bonds. The van der Waals surface area contributed by atoms with Crippen LogP contribution in [-0.2, 0) is 4.79 Å². The lowest BCUT2D eigenvalue weighted by Crippen LogP contribution is -2.32. The Bertz CT molecular complexity index is 661. The smallest absolute Gasteiger partial charge is 0.291 e. The maximum absolute atomic E-state index is 11.9. The van der Waals surface area contributed by atoms with Crippen LogP contribution in [0.2, 0.25) is 5.02 Å². The maximum atomic E-state index is 11.9. The van der Waals surface area contributed by atoms with Gasteiger partial charge in [-0.3, -0.25) is 9.59 Å². The molecule has 2 aromatic rings. The third-order valence-corrected chi connectivity index (χ3v) is 2.90. The highest BCUT2D eigenvalue weighted by Gasteiger charge is 2.15. The number of rotatable bonds is 4. The van der Waals surface area contributed by atoms with E-state index in [2.05, 4.69) is 10.6 Å². The Morgan fingerprint density at radius 1 is 1.19 bits per heavy atom. The molecule has 0 saturated heterocycles. The van der Waals surface area contributed by atoms with Gasteiger partial charge in [0.1, 0.15) is 5.70 Å². The molecule has 0 bridgehead atoms. The molecule has 0 aliphatic carbocycles. The van der Waals surface area contributed by atoms with E-state index in [0.717, 1.165) is 5.56 Å². The van der Waals surface area contributed by atoms with Crippen LogP contribution in [0.3, 0.4) is 0 Å². The maximum Gasteiger partial charge on any atom is 0.291 e. The molecule has 5 nitrogen and oxygen atoms in total. The van der Waals surface area contributed by atoms with Gasteiger partial charge in [0.25, 0.3) is 11.8 Å². The summed E-state index contributed by atoms with van der Waals surface area (Å²) >= 11 is 5.81. The van der Waals surface area contributed by atoms with E-state index in [9.17, 15) is 9.59 Å². The molecule has 0 spiro atoms. The first-order chi connectivity index (χ1) is 10.1. The summed E-state index contributed by atoms with van der Waals surface area (Å²) in [5, 5.41) is 5.58. The molecule has 1 aromatic carbocycles. The van der Waals surface area contributed by atoms with Crippen LogP contribution in [0.5, 0.6) is 0 Å². The van der Waals surface area contributed by atoms with Crippen LogP contribution in [-0.4, -0.2) is 18.9 Å². The summed E-state index contributed by atoms with van der Waals surface area (Å²) in [6.45, 7) is 0. The largest absolute Gasteiger partial charge is 0.459 e. The van der Waals surface area contributed by atoms with E-state index in [1.807, 2.05) is 0 Å². The Balaban J connectivity index is 2.24. The molecule has 1 heterocycles. The summed E-state index contributed by atoms with van der Waals surface area (Å²) < 4.78 is 4.99. The van der Waals surface area contributed by atoms with Gasteiger partial charge in [0, 0.05) is 12.1 Å². The van der Waals surface area contributed by atoms with Gasteiger partial charge in [0.05, 0.1) is 6.26 Å².